The van der Waals surface area contributed by atoms with E-state index >= 15 is 0 Å². The molecular weight excluding hydrogens is 435 g/mol. The molecule has 3 rings (SSSR count). The standard InChI is InChI=1S/C27H31FN2O4/c1-19(2)15-30(27(32)22-6-5-7-24(14-22)33-4)18-26(31)29(17-25-13-8-20(3)34-25)16-21-9-11-23(28)12-10-21/h5-14,19H,15-18H2,1-4H3. The van der Waals surface area contributed by atoms with E-state index in [1.165, 1.54) is 12.1 Å². The number of benzene rings is 2. The normalized spacial score (nSPS) is 10.9. The molecule has 34 heavy (non-hydrogen) atoms. The summed E-state index contributed by atoms with van der Waals surface area (Å²) in [6.07, 6.45) is 0. The second kappa shape index (κ2) is 11.5. The first-order valence-corrected chi connectivity index (χ1v) is 11.3. The molecule has 180 valence electrons. The molecule has 0 radical (unpaired) electrons. The van der Waals surface area contributed by atoms with E-state index in [9.17, 15) is 14.0 Å². The van der Waals surface area contributed by atoms with E-state index in [2.05, 4.69) is 0 Å². The van der Waals surface area contributed by atoms with Gasteiger partial charge in [0.25, 0.3) is 5.91 Å². The Kier molecular flexibility index (Phi) is 8.46. The highest BCUT2D eigenvalue weighted by molar-refractivity contribution is 5.96. The zero-order chi connectivity index (χ0) is 24.7. The van der Waals surface area contributed by atoms with Crippen LogP contribution in [0, 0.1) is 18.7 Å². The van der Waals surface area contributed by atoms with Crippen LogP contribution in [0.25, 0.3) is 0 Å². The molecule has 6 nitrogen and oxygen atoms in total. The molecule has 0 fully saturated rings. The predicted octanol–water partition coefficient (Wildman–Crippen LogP) is 5.06. The van der Waals surface area contributed by atoms with Crippen LogP contribution in [0.5, 0.6) is 5.75 Å². The van der Waals surface area contributed by atoms with Gasteiger partial charge < -0.3 is 19.0 Å². The number of halogens is 1. The number of methoxy groups -OCH3 is 1. The summed E-state index contributed by atoms with van der Waals surface area (Å²) in [5, 5.41) is 0. The van der Waals surface area contributed by atoms with Crippen LogP contribution in [0.1, 0.15) is 41.3 Å². The van der Waals surface area contributed by atoms with E-state index in [4.69, 9.17) is 9.15 Å². The molecule has 0 aliphatic rings. The molecule has 7 heteroatoms. The van der Waals surface area contributed by atoms with E-state index in [-0.39, 0.29) is 43.2 Å². The summed E-state index contributed by atoms with van der Waals surface area (Å²) in [5.74, 6) is 1.33. The average Bonchev–Trinajstić information content (AvgIpc) is 3.23. The fourth-order valence-corrected chi connectivity index (χ4v) is 3.66. The van der Waals surface area contributed by atoms with Gasteiger partial charge in [-0.1, -0.05) is 32.0 Å². The summed E-state index contributed by atoms with van der Waals surface area (Å²) in [6.45, 7) is 6.68. The van der Waals surface area contributed by atoms with Crippen molar-refractivity contribution in [2.75, 3.05) is 20.2 Å². The Morgan fingerprint density at radius 1 is 1.00 bits per heavy atom. The van der Waals surface area contributed by atoms with Gasteiger partial charge in [-0.05, 0) is 60.9 Å². The fraction of sp³-hybridized carbons (Fsp3) is 0.333. The third kappa shape index (κ3) is 6.94. The van der Waals surface area contributed by atoms with E-state index < -0.39 is 0 Å². The molecule has 2 amide bonds. The summed E-state index contributed by atoms with van der Waals surface area (Å²) in [7, 11) is 1.54. The third-order valence-corrected chi connectivity index (χ3v) is 5.30. The number of carbonyl (C=O) groups is 2. The number of furan rings is 1. The Hall–Kier alpha value is -3.61. The van der Waals surface area contributed by atoms with E-state index in [1.54, 1.807) is 53.3 Å². The van der Waals surface area contributed by atoms with E-state index in [0.717, 1.165) is 11.3 Å². The van der Waals surface area contributed by atoms with Crippen molar-refractivity contribution in [1.82, 2.24) is 9.80 Å². The molecular formula is C27H31FN2O4. The quantitative estimate of drug-likeness (QED) is 0.419. The Balaban J connectivity index is 1.83. The first-order chi connectivity index (χ1) is 16.2. The van der Waals surface area contributed by atoms with Crippen LogP contribution in [0.3, 0.4) is 0 Å². The lowest BCUT2D eigenvalue weighted by Gasteiger charge is -2.28. The van der Waals surface area contributed by atoms with Gasteiger partial charge in [0.05, 0.1) is 13.7 Å². The molecule has 0 aliphatic heterocycles. The van der Waals surface area contributed by atoms with Crippen LogP contribution in [0.4, 0.5) is 4.39 Å². The lowest BCUT2D eigenvalue weighted by molar-refractivity contribution is -0.133. The van der Waals surface area contributed by atoms with Crippen molar-refractivity contribution in [3.8, 4) is 5.75 Å². The fourth-order valence-electron chi connectivity index (χ4n) is 3.66. The van der Waals surface area contributed by atoms with Crippen molar-refractivity contribution in [3.05, 3.63) is 89.1 Å². The SMILES string of the molecule is COc1cccc(C(=O)N(CC(=O)N(Cc2ccc(F)cc2)Cc2ccc(C)o2)CC(C)C)c1. The van der Waals surface area contributed by atoms with Gasteiger partial charge in [0.15, 0.2) is 0 Å². The van der Waals surface area contributed by atoms with Gasteiger partial charge in [-0.15, -0.1) is 0 Å². The lowest BCUT2D eigenvalue weighted by Crippen LogP contribution is -2.43. The summed E-state index contributed by atoms with van der Waals surface area (Å²) in [4.78, 5) is 30.0. The number of hydrogen-bond donors (Lipinski definition) is 0. The van der Waals surface area contributed by atoms with Gasteiger partial charge in [-0.2, -0.15) is 0 Å². The number of nitrogens with zero attached hydrogens (tertiary/aromatic N) is 2. The van der Waals surface area contributed by atoms with Crippen molar-refractivity contribution in [1.29, 1.82) is 0 Å². The third-order valence-electron chi connectivity index (χ3n) is 5.30. The molecule has 1 heterocycles. The van der Waals surface area contributed by atoms with Gasteiger partial charge in [0.1, 0.15) is 29.6 Å². The highest BCUT2D eigenvalue weighted by Gasteiger charge is 2.24. The summed E-state index contributed by atoms with van der Waals surface area (Å²) in [5.41, 5.74) is 1.24. The Morgan fingerprint density at radius 2 is 1.74 bits per heavy atom. The van der Waals surface area contributed by atoms with Crippen LogP contribution in [0.2, 0.25) is 0 Å². The first-order valence-electron chi connectivity index (χ1n) is 11.3. The monoisotopic (exact) mass is 466 g/mol. The Morgan fingerprint density at radius 3 is 2.35 bits per heavy atom. The smallest absolute Gasteiger partial charge is 0.254 e. The molecule has 0 unspecified atom stereocenters. The summed E-state index contributed by atoms with van der Waals surface area (Å²) >= 11 is 0. The molecule has 0 atom stereocenters. The number of ether oxygens (including phenoxy) is 1. The topological polar surface area (TPSA) is 63.0 Å². The Labute approximate surface area is 199 Å². The minimum absolute atomic E-state index is 0.0882. The highest BCUT2D eigenvalue weighted by atomic mass is 19.1. The van der Waals surface area contributed by atoms with Crippen molar-refractivity contribution >= 4 is 11.8 Å². The van der Waals surface area contributed by atoms with Crippen molar-refractivity contribution in [3.63, 3.8) is 0 Å². The molecule has 0 saturated heterocycles. The molecule has 2 aromatic carbocycles. The highest BCUT2D eigenvalue weighted by Crippen LogP contribution is 2.18. The molecule has 0 N–H and O–H groups in total. The predicted molar refractivity (Wildman–Crippen MR) is 128 cm³/mol. The van der Waals surface area contributed by atoms with Gasteiger partial charge in [0, 0.05) is 18.7 Å². The number of rotatable bonds is 10. The molecule has 3 aromatic rings. The van der Waals surface area contributed by atoms with Gasteiger partial charge >= 0.3 is 0 Å². The van der Waals surface area contributed by atoms with Crippen LogP contribution in [0.15, 0.2) is 65.1 Å². The molecule has 0 saturated carbocycles. The summed E-state index contributed by atoms with van der Waals surface area (Å²) < 4.78 is 24.3. The molecule has 0 aliphatic carbocycles. The number of amides is 2. The molecule has 0 spiro atoms. The molecule has 1 aromatic heterocycles. The maximum Gasteiger partial charge on any atom is 0.254 e. The maximum absolute atomic E-state index is 13.5. The van der Waals surface area contributed by atoms with E-state index in [1.807, 2.05) is 32.9 Å². The van der Waals surface area contributed by atoms with Crippen LogP contribution < -0.4 is 4.74 Å². The van der Waals surface area contributed by atoms with Gasteiger partial charge in [-0.3, -0.25) is 9.59 Å². The number of aryl methyl sites for hydroxylation is 1. The van der Waals surface area contributed by atoms with Crippen LogP contribution in [-0.2, 0) is 17.9 Å². The second-order valence-electron chi connectivity index (χ2n) is 8.70. The average molecular weight is 467 g/mol. The lowest BCUT2D eigenvalue weighted by atomic mass is 10.1. The zero-order valence-electron chi connectivity index (χ0n) is 20.1. The first kappa shape index (κ1) is 25.0. The number of carbonyl (C=O) groups excluding carboxylic acids is 2. The van der Waals surface area contributed by atoms with Gasteiger partial charge in [-0.25, -0.2) is 4.39 Å². The zero-order valence-corrected chi connectivity index (χ0v) is 20.1. The van der Waals surface area contributed by atoms with Gasteiger partial charge in [0.2, 0.25) is 5.91 Å². The second-order valence-corrected chi connectivity index (χ2v) is 8.70. The summed E-state index contributed by atoms with van der Waals surface area (Å²) in [6, 6.07) is 16.6. The van der Waals surface area contributed by atoms with Crippen LogP contribution in [-0.4, -0.2) is 41.8 Å². The van der Waals surface area contributed by atoms with Crippen molar-refractivity contribution in [2.24, 2.45) is 5.92 Å². The maximum atomic E-state index is 13.5. The van der Waals surface area contributed by atoms with Crippen molar-refractivity contribution < 1.29 is 23.1 Å². The number of hydrogen-bond acceptors (Lipinski definition) is 4. The molecule has 0 bridgehead atoms. The Bertz CT molecular complexity index is 1110. The van der Waals surface area contributed by atoms with E-state index in [0.29, 0.717) is 23.6 Å². The minimum atomic E-state index is -0.338. The van der Waals surface area contributed by atoms with Crippen LogP contribution >= 0.6 is 0 Å². The largest absolute Gasteiger partial charge is 0.497 e. The van der Waals surface area contributed by atoms with Crippen molar-refractivity contribution in [2.45, 2.75) is 33.9 Å². The minimum Gasteiger partial charge on any atom is -0.497 e.